The highest BCUT2D eigenvalue weighted by molar-refractivity contribution is 6.12. The molecule has 0 amide bonds. The first kappa shape index (κ1) is 24.9. The van der Waals surface area contributed by atoms with Gasteiger partial charge in [0, 0.05) is 29.7 Å². The normalized spacial score (nSPS) is 25.6. The van der Waals surface area contributed by atoms with E-state index < -0.39 is 46.6 Å². The Balaban J connectivity index is 1.44. The number of aliphatic hydroxyl groups is 2. The number of Topliss-reactive ketones (excluding diaryl/α,β-unsaturated/α-hetero) is 1. The van der Waals surface area contributed by atoms with Gasteiger partial charge in [-0.1, -0.05) is 12.1 Å². The fourth-order valence-corrected chi connectivity index (χ4v) is 5.85. The van der Waals surface area contributed by atoms with Crippen molar-refractivity contribution in [1.82, 2.24) is 0 Å². The topological polar surface area (TPSA) is 186 Å². The molecule has 0 saturated heterocycles. The Kier molecular flexibility index (Phi) is 4.97. The van der Waals surface area contributed by atoms with Gasteiger partial charge in [0.05, 0.1) is 11.7 Å². The SMILES string of the molecule is O=C1c2c(O)cc(O)cc2OC12c1cc3c(c(O)c1OC2(O)c1ccc(O)cc1)CC(O)C(c1ccc(O)cc1)O3. The van der Waals surface area contributed by atoms with Crippen LogP contribution in [-0.2, 0) is 17.8 Å². The van der Waals surface area contributed by atoms with Gasteiger partial charge in [-0.25, -0.2) is 0 Å². The van der Waals surface area contributed by atoms with Gasteiger partial charge < -0.3 is 50.0 Å². The van der Waals surface area contributed by atoms with E-state index in [0.29, 0.717) is 5.56 Å². The van der Waals surface area contributed by atoms with Crippen LogP contribution in [0, 0.1) is 0 Å². The second kappa shape index (κ2) is 8.19. The summed E-state index contributed by atoms with van der Waals surface area (Å²) < 4.78 is 18.2. The number of rotatable bonds is 2. The molecular formula is C30H22O11. The van der Waals surface area contributed by atoms with Crippen molar-refractivity contribution in [2.45, 2.75) is 30.0 Å². The van der Waals surface area contributed by atoms with Gasteiger partial charge in [0.1, 0.15) is 46.2 Å². The monoisotopic (exact) mass is 558 g/mol. The number of carbonyl (C=O) groups is 1. The van der Waals surface area contributed by atoms with E-state index in [1.165, 1.54) is 42.5 Å². The molecule has 7 rings (SSSR count). The summed E-state index contributed by atoms with van der Waals surface area (Å²) in [6.45, 7) is 0. The first-order valence-electron chi connectivity index (χ1n) is 12.6. The van der Waals surface area contributed by atoms with Gasteiger partial charge in [-0.15, -0.1) is 0 Å². The number of aliphatic hydroxyl groups excluding tert-OH is 1. The summed E-state index contributed by atoms with van der Waals surface area (Å²) in [7, 11) is 0. The molecule has 0 fully saturated rings. The van der Waals surface area contributed by atoms with E-state index in [4.69, 9.17) is 14.2 Å². The lowest BCUT2D eigenvalue weighted by atomic mass is 9.78. The van der Waals surface area contributed by atoms with Crippen molar-refractivity contribution in [2.24, 2.45) is 0 Å². The van der Waals surface area contributed by atoms with E-state index in [9.17, 15) is 40.5 Å². The molecule has 41 heavy (non-hydrogen) atoms. The number of carbonyl (C=O) groups excluding carboxylic acids is 1. The number of phenolic OH excluding ortho intramolecular Hbond substituents is 5. The van der Waals surface area contributed by atoms with E-state index in [1.807, 2.05) is 0 Å². The lowest BCUT2D eigenvalue weighted by Crippen LogP contribution is -2.55. The predicted molar refractivity (Wildman–Crippen MR) is 138 cm³/mol. The van der Waals surface area contributed by atoms with Crippen molar-refractivity contribution < 1.29 is 54.8 Å². The number of ether oxygens (including phenoxy) is 3. The van der Waals surface area contributed by atoms with Crippen LogP contribution in [0.3, 0.4) is 0 Å². The van der Waals surface area contributed by atoms with E-state index >= 15 is 0 Å². The summed E-state index contributed by atoms with van der Waals surface area (Å²) in [6, 6.07) is 14.6. The highest BCUT2D eigenvalue weighted by Gasteiger charge is 2.72. The molecule has 11 heteroatoms. The van der Waals surface area contributed by atoms with Gasteiger partial charge in [0.2, 0.25) is 5.78 Å². The van der Waals surface area contributed by atoms with Crippen molar-refractivity contribution >= 4 is 5.78 Å². The van der Waals surface area contributed by atoms with Crippen LogP contribution in [0.2, 0.25) is 0 Å². The van der Waals surface area contributed by atoms with Crippen LogP contribution in [0.4, 0.5) is 0 Å². The van der Waals surface area contributed by atoms with E-state index in [-0.39, 0.29) is 57.4 Å². The molecule has 3 heterocycles. The van der Waals surface area contributed by atoms with Crippen LogP contribution in [0.1, 0.15) is 38.7 Å². The number of ketones is 1. The average molecular weight is 558 g/mol. The Morgan fingerprint density at radius 1 is 0.780 bits per heavy atom. The minimum Gasteiger partial charge on any atom is -0.508 e. The lowest BCUT2D eigenvalue weighted by Gasteiger charge is -2.36. The molecule has 3 aliphatic rings. The zero-order valence-electron chi connectivity index (χ0n) is 21.0. The van der Waals surface area contributed by atoms with Gasteiger partial charge in [-0.05, 0) is 48.0 Å². The fourth-order valence-electron chi connectivity index (χ4n) is 5.85. The summed E-state index contributed by atoms with van der Waals surface area (Å²) in [6.07, 6.45) is -2.11. The highest BCUT2D eigenvalue weighted by atomic mass is 16.7. The average Bonchev–Trinajstić information content (AvgIpc) is 3.37. The zero-order valence-corrected chi connectivity index (χ0v) is 21.0. The zero-order chi connectivity index (χ0) is 28.8. The predicted octanol–water partition coefficient (Wildman–Crippen LogP) is 2.96. The number of benzene rings is 4. The van der Waals surface area contributed by atoms with Crippen LogP contribution in [0.25, 0.3) is 0 Å². The summed E-state index contributed by atoms with van der Waals surface area (Å²) in [4.78, 5) is 14.2. The molecule has 0 aliphatic carbocycles. The number of hydrogen-bond donors (Lipinski definition) is 7. The summed E-state index contributed by atoms with van der Waals surface area (Å²) in [5.74, 6) is -5.67. The largest absolute Gasteiger partial charge is 0.508 e. The molecule has 7 N–H and O–H groups in total. The molecule has 4 unspecified atom stereocenters. The maximum Gasteiger partial charge on any atom is 0.287 e. The van der Waals surface area contributed by atoms with Crippen LogP contribution < -0.4 is 14.2 Å². The van der Waals surface area contributed by atoms with Crippen molar-refractivity contribution in [3.63, 3.8) is 0 Å². The van der Waals surface area contributed by atoms with E-state index in [2.05, 4.69) is 0 Å². The Labute approximate surface area is 231 Å². The third kappa shape index (κ3) is 3.24. The molecule has 3 aliphatic heterocycles. The van der Waals surface area contributed by atoms with Crippen LogP contribution >= 0.6 is 0 Å². The Hall–Kier alpha value is -5.13. The number of fused-ring (bicyclic) bond motifs is 4. The van der Waals surface area contributed by atoms with Crippen molar-refractivity contribution in [3.05, 3.63) is 94.5 Å². The van der Waals surface area contributed by atoms with Crippen molar-refractivity contribution in [1.29, 1.82) is 0 Å². The lowest BCUT2D eigenvalue weighted by molar-refractivity contribution is -0.218. The molecule has 4 aromatic rings. The molecular weight excluding hydrogens is 536 g/mol. The van der Waals surface area contributed by atoms with Crippen LogP contribution in [-0.4, -0.2) is 47.6 Å². The highest BCUT2D eigenvalue weighted by Crippen LogP contribution is 2.64. The molecule has 0 radical (unpaired) electrons. The Bertz CT molecular complexity index is 1750. The smallest absolute Gasteiger partial charge is 0.287 e. The van der Waals surface area contributed by atoms with Gasteiger partial charge in [-0.3, -0.25) is 4.79 Å². The third-order valence-electron chi connectivity index (χ3n) is 7.80. The molecule has 0 bridgehead atoms. The van der Waals surface area contributed by atoms with Gasteiger partial charge in [0.25, 0.3) is 11.4 Å². The number of phenols is 5. The Morgan fingerprint density at radius 3 is 2.12 bits per heavy atom. The van der Waals surface area contributed by atoms with E-state index in [0.717, 1.165) is 12.1 Å². The molecule has 4 atom stereocenters. The quantitative estimate of drug-likeness (QED) is 0.192. The Morgan fingerprint density at radius 2 is 1.44 bits per heavy atom. The van der Waals surface area contributed by atoms with E-state index in [1.54, 1.807) is 12.1 Å². The summed E-state index contributed by atoms with van der Waals surface area (Å²) in [5, 5.41) is 74.6. The molecule has 208 valence electrons. The standard InChI is InChI=1S/C30H22O11/c31-15-5-1-13(2-6-15)26-21(35)11-18-22(39-26)12-19-27(25(18)36)41-30(38,14-3-7-16(32)8-4-14)29(19)28(37)24-20(34)9-17(33)10-23(24)40-29/h1-10,12,21,26,31-36,38H,11H2. The first-order valence-corrected chi connectivity index (χ1v) is 12.6. The molecule has 11 nitrogen and oxygen atoms in total. The van der Waals surface area contributed by atoms with Gasteiger partial charge in [0.15, 0.2) is 11.5 Å². The molecule has 4 aromatic carbocycles. The first-order chi connectivity index (χ1) is 19.5. The van der Waals surface area contributed by atoms with Crippen LogP contribution in [0.15, 0.2) is 66.7 Å². The van der Waals surface area contributed by atoms with Crippen molar-refractivity contribution in [3.8, 4) is 46.0 Å². The summed E-state index contributed by atoms with van der Waals surface area (Å²) >= 11 is 0. The molecule has 0 aromatic heterocycles. The minimum absolute atomic E-state index is 0.0215. The number of aromatic hydroxyl groups is 5. The molecule has 0 saturated carbocycles. The van der Waals surface area contributed by atoms with Crippen molar-refractivity contribution in [2.75, 3.05) is 0 Å². The minimum atomic E-state index is -2.64. The number of hydrogen-bond acceptors (Lipinski definition) is 11. The third-order valence-corrected chi connectivity index (χ3v) is 7.80. The van der Waals surface area contributed by atoms with Gasteiger partial charge in [-0.2, -0.15) is 0 Å². The maximum absolute atomic E-state index is 14.2. The summed E-state index contributed by atoms with van der Waals surface area (Å²) in [5.41, 5.74) is -2.24. The fraction of sp³-hybridized carbons (Fsp3) is 0.167. The molecule has 1 spiro atoms. The second-order valence-corrected chi connectivity index (χ2v) is 10.2. The maximum atomic E-state index is 14.2. The second-order valence-electron chi connectivity index (χ2n) is 10.2. The van der Waals surface area contributed by atoms with Crippen LogP contribution in [0.5, 0.6) is 46.0 Å². The van der Waals surface area contributed by atoms with Gasteiger partial charge >= 0.3 is 0 Å².